The zero-order valence-electron chi connectivity index (χ0n) is 9.46. The fourth-order valence-corrected chi connectivity index (χ4v) is 1.40. The summed E-state index contributed by atoms with van der Waals surface area (Å²) in [5.41, 5.74) is 2.27. The quantitative estimate of drug-likeness (QED) is 0.597. The van der Waals surface area contributed by atoms with Crippen LogP contribution in [-0.4, -0.2) is 22.5 Å². The van der Waals surface area contributed by atoms with Gasteiger partial charge in [0.25, 0.3) is 0 Å². The zero-order chi connectivity index (χ0) is 12.1. The largest absolute Gasteiger partial charge is 0.463 e. The first-order chi connectivity index (χ1) is 8.29. The summed E-state index contributed by atoms with van der Waals surface area (Å²) in [4.78, 5) is 19.7. The summed E-state index contributed by atoms with van der Waals surface area (Å²) >= 11 is 0. The summed E-state index contributed by atoms with van der Waals surface area (Å²) < 4.78 is 4.78. The van der Waals surface area contributed by atoms with E-state index < -0.39 is 0 Å². The van der Waals surface area contributed by atoms with Crippen LogP contribution in [0, 0.1) is 0 Å². The predicted octanol–water partition coefficient (Wildman–Crippen LogP) is 2.21. The van der Waals surface area contributed by atoms with Gasteiger partial charge >= 0.3 is 5.97 Å². The lowest BCUT2D eigenvalue weighted by molar-refractivity contribution is -0.137. The van der Waals surface area contributed by atoms with Gasteiger partial charge in [0, 0.05) is 6.08 Å². The molecule has 0 radical (unpaired) electrons. The molecule has 0 aliphatic heterocycles. The third kappa shape index (κ3) is 2.87. The van der Waals surface area contributed by atoms with Gasteiger partial charge in [-0.15, -0.1) is 0 Å². The van der Waals surface area contributed by atoms with E-state index in [1.54, 1.807) is 19.2 Å². The third-order valence-electron chi connectivity index (χ3n) is 2.14. The molecule has 2 rings (SSSR count). The van der Waals surface area contributed by atoms with E-state index in [0.29, 0.717) is 12.3 Å². The lowest BCUT2D eigenvalue weighted by atomic mass is 10.3. The molecule has 1 heterocycles. The van der Waals surface area contributed by atoms with Crippen LogP contribution in [-0.2, 0) is 9.53 Å². The van der Waals surface area contributed by atoms with E-state index in [1.165, 1.54) is 6.08 Å². The number of fused-ring (bicyclic) bond motifs is 1. The maximum atomic E-state index is 11.1. The standard InChI is InChI=1S/C13H12N2O2/c1-2-17-13(16)8-7-10-9-14-11-5-3-4-6-12(11)15-10/h3-9H,2H2,1H3. The molecule has 0 spiro atoms. The molecule has 4 nitrogen and oxygen atoms in total. The Labute approximate surface area is 99.0 Å². The number of carbonyl (C=O) groups is 1. The van der Waals surface area contributed by atoms with Gasteiger partial charge in [0.05, 0.1) is 29.5 Å². The number of aromatic nitrogens is 2. The van der Waals surface area contributed by atoms with Gasteiger partial charge in [0.2, 0.25) is 0 Å². The number of nitrogens with zero attached hydrogens (tertiary/aromatic N) is 2. The summed E-state index contributed by atoms with van der Waals surface area (Å²) in [5.74, 6) is -0.373. The molecule has 0 fully saturated rings. The van der Waals surface area contributed by atoms with Gasteiger partial charge in [-0.3, -0.25) is 4.98 Å². The molecule has 86 valence electrons. The lowest BCUT2D eigenvalue weighted by Gasteiger charge is -1.97. The second-order valence-corrected chi connectivity index (χ2v) is 3.37. The minimum atomic E-state index is -0.373. The molecule has 0 saturated heterocycles. The Kier molecular flexibility index (Phi) is 3.45. The van der Waals surface area contributed by atoms with Crippen molar-refractivity contribution in [2.24, 2.45) is 0 Å². The Hall–Kier alpha value is -2.23. The van der Waals surface area contributed by atoms with Crippen LogP contribution in [0.5, 0.6) is 0 Å². The van der Waals surface area contributed by atoms with E-state index in [0.717, 1.165) is 11.0 Å². The molecule has 0 aliphatic rings. The first-order valence-electron chi connectivity index (χ1n) is 5.36. The fraction of sp³-hybridized carbons (Fsp3) is 0.154. The number of esters is 1. The number of hydrogen-bond donors (Lipinski definition) is 0. The highest BCUT2D eigenvalue weighted by Crippen LogP contribution is 2.09. The Morgan fingerprint density at radius 2 is 2.12 bits per heavy atom. The molecule has 0 amide bonds. The van der Waals surface area contributed by atoms with Crippen LogP contribution in [0.4, 0.5) is 0 Å². The Morgan fingerprint density at radius 3 is 2.88 bits per heavy atom. The zero-order valence-corrected chi connectivity index (χ0v) is 9.46. The van der Waals surface area contributed by atoms with Gasteiger partial charge in [-0.1, -0.05) is 12.1 Å². The van der Waals surface area contributed by atoms with Crippen molar-refractivity contribution in [3.8, 4) is 0 Å². The molecule has 1 aromatic carbocycles. The van der Waals surface area contributed by atoms with Crippen LogP contribution in [0.3, 0.4) is 0 Å². The first-order valence-corrected chi connectivity index (χ1v) is 5.36. The van der Waals surface area contributed by atoms with Crippen LogP contribution >= 0.6 is 0 Å². The van der Waals surface area contributed by atoms with E-state index in [-0.39, 0.29) is 5.97 Å². The Balaban J connectivity index is 2.22. The van der Waals surface area contributed by atoms with Crippen molar-refractivity contribution in [1.29, 1.82) is 0 Å². The molecule has 0 atom stereocenters. The number of rotatable bonds is 3. The van der Waals surface area contributed by atoms with Crippen LogP contribution < -0.4 is 0 Å². The molecule has 0 N–H and O–H groups in total. The van der Waals surface area contributed by atoms with E-state index in [9.17, 15) is 4.79 Å². The van der Waals surface area contributed by atoms with Gasteiger partial charge in [-0.25, -0.2) is 9.78 Å². The van der Waals surface area contributed by atoms with Crippen LogP contribution in [0.25, 0.3) is 17.1 Å². The Bertz CT molecular complexity index is 564. The minimum absolute atomic E-state index is 0.368. The number of para-hydroxylation sites is 2. The maximum Gasteiger partial charge on any atom is 0.330 e. The summed E-state index contributed by atoms with van der Waals surface area (Å²) in [6.45, 7) is 2.13. The van der Waals surface area contributed by atoms with Crippen molar-refractivity contribution >= 4 is 23.1 Å². The van der Waals surface area contributed by atoms with Gasteiger partial charge in [-0.2, -0.15) is 0 Å². The predicted molar refractivity (Wildman–Crippen MR) is 65.2 cm³/mol. The molecular formula is C13H12N2O2. The molecule has 0 saturated carbocycles. The average Bonchev–Trinajstić information content (AvgIpc) is 2.36. The number of carbonyl (C=O) groups excluding carboxylic acids is 1. The highest BCUT2D eigenvalue weighted by atomic mass is 16.5. The maximum absolute atomic E-state index is 11.1. The molecule has 0 aliphatic carbocycles. The van der Waals surface area contributed by atoms with Crippen LogP contribution in [0.2, 0.25) is 0 Å². The molecular weight excluding hydrogens is 216 g/mol. The second kappa shape index (κ2) is 5.21. The van der Waals surface area contributed by atoms with Crippen molar-refractivity contribution in [2.75, 3.05) is 6.61 Å². The van der Waals surface area contributed by atoms with Crippen molar-refractivity contribution in [3.05, 3.63) is 42.2 Å². The first kappa shape index (κ1) is 11.3. The topological polar surface area (TPSA) is 52.1 Å². The van der Waals surface area contributed by atoms with E-state index >= 15 is 0 Å². The molecule has 1 aromatic heterocycles. The van der Waals surface area contributed by atoms with Crippen LogP contribution in [0.15, 0.2) is 36.5 Å². The summed E-state index contributed by atoms with van der Waals surface area (Å²) in [6.07, 6.45) is 4.57. The van der Waals surface area contributed by atoms with Crippen molar-refractivity contribution < 1.29 is 9.53 Å². The fourth-order valence-electron chi connectivity index (χ4n) is 1.40. The van der Waals surface area contributed by atoms with Gasteiger partial charge < -0.3 is 4.74 Å². The van der Waals surface area contributed by atoms with E-state index in [2.05, 4.69) is 9.97 Å². The molecule has 2 aromatic rings. The molecule has 4 heteroatoms. The second-order valence-electron chi connectivity index (χ2n) is 3.37. The monoisotopic (exact) mass is 228 g/mol. The highest BCUT2D eigenvalue weighted by molar-refractivity contribution is 5.87. The normalized spacial score (nSPS) is 10.9. The SMILES string of the molecule is CCOC(=O)C=Cc1cnc2ccccc2n1. The summed E-state index contributed by atoms with van der Waals surface area (Å²) in [7, 11) is 0. The van der Waals surface area contributed by atoms with E-state index in [1.807, 2.05) is 24.3 Å². The molecule has 0 bridgehead atoms. The molecule has 0 unspecified atom stereocenters. The highest BCUT2D eigenvalue weighted by Gasteiger charge is 1.97. The van der Waals surface area contributed by atoms with Crippen molar-refractivity contribution in [3.63, 3.8) is 0 Å². The third-order valence-corrected chi connectivity index (χ3v) is 2.14. The summed E-state index contributed by atoms with van der Waals surface area (Å²) in [6, 6.07) is 7.58. The summed E-state index contributed by atoms with van der Waals surface area (Å²) in [5, 5.41) is 0. The average molecular weight is 228 g/mol. The van der Waals surface area contributed by atoms with Gasteiger partial charge in [-0.05, 0) is 25.1 Å². The number of benzene rings is 1. The molecule has 17 heavy (non-hydrogen) atoms. The Morgan fingerprint density at radius 1 is 1.35 bits per heavy atom. The van der Waals surface area contributed by atoms with Crippen LogP contribution in [0.1, 0.15) is 12.6 Å². The minimum Gasteiger partial charge on any atom is -0.463 e. The smallest absolute Gasteiger partial charge is 0.330 e. The lowest BCUT2D eigenvalue weighted by Crippen LogP contribution is -1.98. The number of ether oxygens (including phenoxy) is 1. The van der Waals surface area contributed by atoms with E-state index in [4.69, 9.17) is 4.74 Å². The van der Waals surface area contributed by atoms with Crippen molar-refractivity contribution in [2.45, 2.75) is 6.92 Å². The van der Waals surface area contributed by atoms with Crippen molar-refractivity contribution in [1.82, 2.24) is 9.97 Å². The van der Waals surface area contributed by atoms with Gasteiger partial charge in [0.1, 0.15) is 0 Å². The van der Waals surface area contributed by atoms with Gasteiger partial charge in [0.15, 0.2) is 0 Å². The number of hydrogen-bond acceptors (Lipinski definition) is 4.